The van der Waals surface area contributed by atoms with Crippen molar-refractivity contribution in [2.24, 2.45) is 11.8 Å². The molecule has 2 fully saturated rings. The van der Waals surface area contributed by atoms with Crippen LogP contribution in [-0.4, -0.2) is 70.1 Å². The van der Waals surface area contributed by atoms with Gasteiger partial charge >= 0.3 is 0 Å². The number of aliphatic hydroxyl groups is 1. The predicted molar refractivity (Wildman–Crippen MR) is 104 cm³/mol. The Kier molecular flexibility index (Phi) is 5.64. The largest absolute Gasteiger partial charge is 0.396 e. The molecule has 2 atom stereocenters. The Balaban J connectivity index is 1.45. The van der Waals surface area contributed by atoms with Gasteiger partial charge < -0.3 is 14.9 Å². The summed E-state index contributed by atoms with van der Waals surface area (Å²) in [6.45, 7) is 4.77. The first kappa shape index (κ1) is 18.3. The average molecular weight is 368 g/mol. The molecule has 0 aliphatic carbocycles. The minimum atomic E-state index is 0.0272. The maximum absolute atomic E-state index is 13.0. The normalized spacial score (nSPS) is 24.3. The highest BCUT2D eigenvalue weighted by Gasteiger charge is 2.36. The third-order valence-electron chi connectivity index (χ3n) is 6.01. The summed E-state index contributed by atoms with van der Waals surface area (Å²) >= 11 is 0. The second kappa shape index (κ2) is 8.31. The molecule has 27 heavy (non-hydrogen) atoms. The summed E-state index contributed by atoms with van der Waals surface area (Å²) in [6.07, 6.45) is 8.46. The van der Waals surface area contributed by atoms with E-state index in [2.05, 4.69) is 14.9 Å². The molecule has 2 saturated heterocycles. The lowest BCUT2D eigenvalue weighted by Gasteiger charge is -2.26. The highest BCUT2D eigenvalue weighted by Crippen LogP contribution is 2.27. The number of rotatable bonds is 4. The maximum atomic E-state index is 13.0. The first-order chi connectivity index (χ1) is 13.2. The molecule has 6 nitrogen and oxygen atoms in total. The third kappa shape index (κ3) is 4.12. The van der Waals surface area contributed by atoms with E-state index >= 15 is 0 Å². The van der Waals surface area contributed by atoms with Gasteiger partial charge in [0.15, 0.2) is 0 Å². The van der Waals surface area contributed by atoms with E-state index in [0.717, 1.165) is 37.2 Å². The Morgan fingerprint density at radius 1 is 1.00 bits per heavy atom. The van der Waals surface area contributed by atoms with Crippen molar-refractivity contribution in [3.63, 3.8) is 0 Å². The molecule has 1 amide bonds. The molecule has 2 aliphatic heterocycles. The van der Waals surface area contributed by atoms with Crippen molar-refractivity contribution < 1.29 is 9.90 Å². The molecule has 2 unspecified atom stereocenters. The molecule has 6 heteroatoms. The number of aliphatic hydroxyl groups excluding tert-OH is 1. The molecule has 0 spiro atoms. The van der Waals surface area contributed by atoms with E-state index in [-0.39, 0.29) is 18.4 Å². The van der Waals surface area contributed by atoms with Gasteiger partial charge in [0, 0.05) is 50.1 Å². The van der Waals surface area contributed by atoms with E-state index in [1.807, 2.05) is 23.1 Å². The summed E-state index contributed by atoms with van der Waals surface area (Å²) in [6, 6.07) is 5.50. The molecule has 144 valence electrons. The zero-order valence-corrected chi connectivity index (χ0v) is 15.8. The fraction of sp³-hybridized carbons (Fsp3) is 0.571. The fourth-order valence-corrected chi connectivity index (χ4v) is 4.45. The summed E-state index contributed by atoms with van der Waals surface area (Å²) in [4.78, 5) is 26.0. The van der Waals surface area contributed by atoms with Crippen LogP contribution in [0.2, 0.25) is 0 Å². The first-order valence-corrected chi connectivity index (χ1v) is 10.1. The molecule has 0 saturated carbocycles. The molecule has 0 bridgehead atoms. The van der Waals surface area contributed by atoms with Crippen molar-refractivity contribution in [1.82, 2.24) is 19.8 Å². The molecular formula is C21H28N4O2. The molecule has 0 radical (unpaired) electrons. The lowest BCUT2D eigenvalue weighted by Crippen LogP contribution is -2.35. The van der Waals surface area contributed by atoms with Crippen LogP contribution in [0.25, 0.3) is 11.0 Å². The van der Waals surface area contributed by atoms with Crippen LogP contribution in [0.15, 0.2) is 30.6 Å². The van der Waals surface area contributed by atoms with Gasteiger partial charge in [-0.05, 0) is 50.0 Å². The van der Waals surface area contributed by atoms with Crippen LogP contribution in [0.3, 0.4) is 0 Å². The highest BCUT2D eigenvalue weighted by molar-refractivity contribution is 5.97. The van der Waals surface area contributed by atoms with Gasteiger partial charge in [-0.1, -0.05) is 12.8 Å². The molecule has 3 heterocycles. The van der Waals surface area contributed by atoms with E-state index in [1.165, 1.54) is 25.7 Å². The standard InChI is InChI=1S/C21H28N4O2/c26-15-18-14-25(13-17(18)12-24-9-3-1-2-4-10-24)21(27)16-5-6-19-20(11-16)23-8-7-22-19/h5-8,11,17-18,26H,1-4,9-10,12-15H2. The first-order valence-electron chi connectivity index (χ1n) is 10.1. The summed E-state index contributed by atoms with van der Waals surface area (Å²) in [5.74, 6) is 0.536. The van der Waals surface area contributed by atoms with Gasteiger partial charge in [0.25, 0.3) is 5.91 Å². The molecule has 1 N–H and O–H groups in total. The minimum absolute atomic E-state index is 0.0272. The lowest BCUT2D eigenvalue weighted by atomic mass is 9.96. The lowest BCUT2D eigenvalue weighted by molar-refractivity contribution is 0.0779. The van der Waals surface area contributed by atoms with Gasteiger partial charge in [0.05, 0.1) is 11.0 Å². The van der Waals surface area contributed by atoms with Crippen molar-refractivity contribution in [3.8, 4) is 0 Å². The summed E-state index contributed by atoms with van der Waals surface area (Å²) < 4.78 is 0. The van der Waals surface area contributed by atoms with Crippen LogP contribution in [0.5, 0.6) is 0 Å². The van der Waals surface area contributed by atoms with Crippen LogP contribution >= 0.6 is 0 Å². The third-order valence-corrected chi connectivity index (χ3v) is 6.01. The Morgan fingerprint density at radius 3 is 2.44 bits per heavy atom. The van der Waals surface area contributed by atoms with Crippen molar-refractivity contribution >= 4 is 16.9 Å². The summed E-state index contributed by atoms with van der Waals surface area (Å²) in [7, 11) is 0. The zero-order valence-electron chi connectivity index (χ0n) is 15.8. The van der Waals surface area contributed by atoms with Crippen LogP contribution in [0.1, 0.15) is 36.0 Å². The number of hydrogen-bond donors (Lipinski definition) is 1. The topological polar surface area (TPSA) is 69.6 Å². The second-order valence-corrected chi connectivity index (χ2v) is 7.89. The van der Waals surface area contributed by atoms with Crippen molar-refractivity contribution in [1.29, 1.82) is 0 Å². The number of amides is 1. The van der Waals surface area contributed by atoms with Gasteiger partial charge in [-0.3, -0.25) is 14.8 Å². The number of nitrogens with zero attached hydrogens (tertiary/aromatic N) is 4. The van der Waals surface area contributed by atoms with Gasteiger partial charge in [-0.2, -0.15) is 0 Å². The van der Waals surface area contributed by atoms with Crippen molar-refractivity contribution in [2.45, 2.75) is 25.7 Å². The number of carbonyl (C=O) groups is 1. The summed E-state index contributed by atoms with van der Waals surface area (Å²) in [5, 5.41) is 9.86. The maximum Gasteiger partial charge on any atom is 0.253 e. The quantitative estimate of drug-likeness (QED) is 0.896. The number of likely N-dealkylation sites (tertiary alicyclic amines) is 2. The van der Waals surface area contributed by atoms with E-state index in [1.54, 1.807) is 12.4 Å². The molecule has 1 aromatic carbocycles. The Morgan fingerprint density at radius 2 is 1.70 bits per heavy atom. The number of hydrogen-bond acceptors (Lipinski definition) is 5. The number of aromatic nitrogens is 2. The Hall–Kier alpha value is -2.05. The SMILES string of the molecule is O=C(c1ccc2nccnc2c1)N1CC(CO)C(CN2CCCCCC2)C1. The van der Waals surface area contributed by atoms with Gasteiger partial charge in [-0.15, -0.1) is 0 Å². The fourth-order valence-electron chi connectivity index (χ4n) is 4.45. The number of carbonyl (C=O) groups excluding carboxylic acids is 1. The Bertz CT molecular complexity index is 789. The number of benzene rings is 1. The van der Waals surface area contributed by atoms with Crippen LogP contribution < -0.4 is 0 Å². The van der Waals surface area contributed by atoms with Crippen molar-refractivity contribution in [3.05, 3.63) is 36.2 Å². The van der Waals surface area contributed by atoms with Gasteiger partial charge in [0.1, 0.15) is 0 Å². The average Bonchev–Trinajstić information content (AvgIpc) is 2.93. The predicted octanol–water partition coefficient (Wildman–Crippen LogP) is 2.19. The second-order valence-electron chi connectivity index (χ2n) is 7.89. The molecule has 2 aromatic rings. The van der Waals surface area contributed by atoms with E-state index in [4.69, 9.17) is 0 Å². The molecule has 2 aliphatic rings. The van der Waals surface area contributed by atoms with Crippen LogP contribution in [0.4, 0.5) is 0 Å². The molecule has 4 rings (SSSR count). The van der Waals surface area contributed by atoms with E-state index in [9.17, 15) is 9.90 Å². The molecule has 1 aromatic heterocycles. The zero-order chi connectivity index (χ0) is 18.6. The van der Waals surface area contributed by atoms with E-state index < -0.39 is 0 Å². The summed E-state index contributed by atoms with van der Waals surface area (Å²) in [5.41, 5.74) is 2.18. The Labute approximate surface area is 160 Å². The minimum Gasteiger partial charge on any atom is -0.396 e. The number of fused-ring (bicyclic) bond motifs is 1. The van der Waals surface area contributed by atoms with Crippen molar-refractivity contribution in [2.75, 3.05) is 39.3 Å². The monoisotopic (exact) mass is 368 g/mol. The van der Waals surface area contributed by atoms with Gasteiger partial charge in [0.2, 0.25) is 0 Å². The van der Waals surface area contributed by atoms with E-state index in [0.29, 0.717) is 18.0 Å². The van der Waals surface area contributed by atoms with Gasteiger partial charge in [-0.25, -0.2) is 0 Å². The van der Waals surface area contributed by atoms with Crippen LogP contribution in [0, 0.1) is 11.8 Å². The molecular weight excluding hydrogens is 340 g/mol. The highest BCUT2D eigenvalue weighted by atomic mass is 16.3. The van der Waals surface area contributed by atoms with Crippen LogP contribution in [-0.2, 0) is 0 Å². The smallest absolute Gasteiger partial charge is 0.253 e.